The maximum atomic E-state index is 12.7. The lowest BCUT2D eigenvalue weighted by Gasteiger charge is -2.35. The van der Waals surface area contributed by atoms with Crippen LogP contribution in [0.3, 0.4) is 0 Å². The first-order chi connectivity index (χ1) is 14.0. The third-order valence-electron chi connectivity index (χ3n) is 4.95. The monoisotopic (exact) mass is 422 g/mol. The van der Waals surface area contributed by atoms with Crippen molar-refractivity contribution < 1.29 is 17.9 Å². The lowest BCUT2D eigenvalue weighted by Crippen LogP contribution is -2.49. The van der Waals surface area contributed by atoms with Gasteiger partial charge in [-0.1, -0.05) is 0 Å². The van der Waals surface area contributed by atoms with E-state index in [4.69, 9.17) is 10.00 Å². The number of morpholine rings is 1. The van der Waals surface area contributed by atoms with Gasteiger partial charge in [0.25, 0.3) is 0 Å². The number of nitriles is 1. The van der Waals surface area contributed by atoms with Gasteiger partial charge in [-0.2, -0.15) is 9.57 Å². The molecule has 0 aliphatic carbocycles. The Morgan fingerprint density at radius 3 is 2.52 bits per heavy atom. The minimum Gasteiger partial charge on any atom is -0.379 e. The quantitative estimate of drug-likeness (QED) is 0.571. The Hall–Kier alpha value is -2.26. The molecule has 3 rings (SSSR count). The first kappa shape index (κ1) is 21.4. The van der Waals surface area contributed by atoms with Crippen molar-refractivity contribution in [2.24, 2.45) is 0 Å². The number of nitrogens with zero attached hydrogens (tertiary/aromatic N) is 5. The van der Waals surface area contributed by atoms with E-state index in [-0.39, 0.29) is 10.8 Å². The third kappa shape index (κ3) is 5.63. The van der Waals surface area contributed by atoms with Crippen molar-refractivity contribution in [2.45, 2.75) is 11.3 Å². The lowest BCUT2D eigenvalue weighted by atomic mass is 10.3. The topological polar surface area (TPSA) is 119 Å². The first-order valence-corrected chi connectivity index (χ1v) is 11.1. The second-order valence-electron chi connectivity index (χ2n) is 6.89. The summed E-state index contributed by atoms with van der Waals surface area (Å²) in [6.07, 6.45) is 1.72. The van der Waals surface area contributed by atoms with E-state index in [1.165, 1.54) is 10.5 Å². The number of hydrogen-bond acceptors (Lipinski definition) is 8. The molecule has 2 fully saturated rings. The van der Waals surface area contributed by atoms with Crippen LogP contribution in [0.4, 0.5) is 5.82 Å². The summed E-state index contributed by atoms with van der Waals surface area (Å²) in [5.74, 6) is 0.647. The summed E-state index contributed by atoms with van der Waals surface area (Å²) in [5, 5.41) is 11.2. The van der Waals surface area contributed by atoms with Crippen LogP contribution in [0.25, 0.3) is 0 Å². The minimum atomic E-state index is -3.54. The van der Waals surface area contributed by atoms with Gasteiger partial charge in [-0.15, -0.1) is 0 Å². The summed E-state index contributed by atoms with van der Waals surface area (Å²) in [6, 6.07) is 5.33. The number of aromatic nitrogens is 1. The molecule has 0 bridgehead atoms. The van der Waals surface area contributed by atoms with Gasteiger partial charge in [-0.3, -0.25) is 9.69 Å². The highest BCUT2D eigenvalue weighted by Gasteiger charge is 2.27. The molecule has 3 heterocycles. The summed E-state index contributed by atoms with van der Waals surface area (Å²) in [6.45, 7) is 5.04. The van der Waals surface area contributed by atoms with Gasteiger partial charge in [0.1, 0.15) is 10.7 Å². The van der Waals surface area contributed by atoms with Crippen LogP contribution in [0.15, 0.2) is 23.2 Å². The number of rotatable bonds is 7. The van der Waals surface area contributed by atoms with Crippen molar-refractivity contribution in [3.63, 3.8) is 0 Å². The SMILES string of the molecule is N#CCCNC(=O)CN1CCN(c2ccc(S(=O)(=O)N3CCOCC3)cn2)CC1. The van der Waals surface area contributed by atoms with Crippen LogP contribution < -0.4 is 10.2 Å². The predicted molar refractivity (Wildman–Crippen MR) is 106 cm³/mol. The van der Waals surface area contributed by atoms with Gasteiger partial charge in [0.15, 0.2) is 0 Å². The summed E-state index contributed by atoms with van der Waals surface area (Å²) < 4.78 is 32.0. The fourth-order valence-corrected chi connectivity index (χ4v) is 4.65. The Morgan fingerprint density at radius 2 is 1.90 bits per heavy atom. The lowest BCUT2D eigenvalue weighted by molar-refractivity contribution is -0.122. The maximum absolute atomic E-state index is 12.7. The zero-order valence-corrected chi connectivity index (χ0v) is 17.1. The first-order valence-electron chi connectivity index (χ1n) is 9.65. The second kappa shape index (κ2) is 9.98. The van der Waals surface area contributed by atoms with E-state index in [1.54, 1.807) is 12.1 Å². The molecule has 0 spiro atoms. The Kier molecular flexibility index (Phi) is 7.38. The number of ether oxygens (including phenoxy) is 1. The molecule has 158 valence electrons. The van der Waals surface area contributed by atoms with Crippen LogP contribution in [0.5, 0.6) is 0 Å². The number of hydrogen-bond donors (Lipinski definition) is 1. The fraction of sp³-hybridized carbons (Fsp3) is 0.611. The molecule has 2 saturated heterocycles. The molecule has 0 radical (unpaired) electrons. The van der Waals surface area contributed by atoms with E-state index in [9.17, 15) is 13.2 Å². The van der Waals surface area contributed by atoms with Crippen LogP contribution in [0.1, 0.15) is 6.42 Å². The fourth-order valence-electron chi connectivity index (χ4n) is 3.30. The highest BCUT2D eigenvalue weighted by Crippen LogP contribution is 2.20. The summed E-state index contributed by atoms with van der Waals surface area (Å²) >= 11 is 0. The van der Waals surface area contributed by atoms with Crippen LogP contribution >= 0.6 is 0 Å². The zero-order chi connectivity index (χ0) is 20.7. The molecule has 11 heteroatoms. The summed E-state index contributed by atoms with van der Waals surface area (Å²) in [7, 11) is -3.54. The Morgan fingerprint density at radius 1 is 1.17 bits per heavy atom. The Balaban J connectivity index is 1.51. The molecule has 0 aromatic carbocycles. The number of amides is 1. The van der Waals surface area contributed by atoms with E-state index >= 15 is 0 Å². The molecule has 0 unspecified atom stereocenters. The number of carbonyl (C=O) groups excluding carboxylic acids is 1. The molecule has 1 aromatic heterocycles. The number of pyridine rings is 1. The van der Waals surface area contributed by atoms with Gasteiger partial charge in [0, 0.05) is 52.0 Å². The normalized spacial score (nSPS) is 18.9. The number of sulfonamides is 1. The molecule has 29 heavy (non-hydrogen) atoms. The largest absolute Gasteiger partial charge is 0.379 e. The van der Waals surface area contributed by atoms with E-state index in [1.807, 2.05) is 6.07 Å². The average molecular weight is 423 g/mol. The molecule has 0 saturated carbocycles. The van der Waals surface area contributed by atoms with Gasteiger partial charge in [0.05, 0.1) is 32.2 Å². The molecular weight excluding hydrogens is 396 g/mol. The van der Waals surface area contributed by atoms with Crippen molar-refractivity contribution in [3.05, 3.63) is 18.3 Å². The molecule has 1 N–H and O–H groups in total. The number of anilines is 1. The molecular formula is C18H26N6O4S. The van der Waals surface area contributed by atoms with Crippen LogP contribution in [-0.2, 0) is 19.6 Å². The van der Waals surface area contributed by atoms with Gasteiger partial charge in [-0.25, -0.2) is 13.4 Å². The molecule has 1 aromatic rings. The van der Waals surface area contributed by atoms with Gasteiger partial charge in [-0.05, 0) is 12.1 Å². The van der Waals surface area contributed by atoms with Gasteiger partial charge in [0.2, 0.25) is 15.9 Å². The van der Waals surface area contributed by atoms with Crippen molar-refractivity contribution in [2.75, 3.05) is 70.5 Å². The molecule has 2 aliphatic rings. The maximum Gasteiger partial charge on any atom is 0.244 e. The highest BCUT2D eigenvalue weighted by molar-refractivity contribution is 7.89. The van der Waals surface area contributed by atoms with Crippen molar-refractivity contribution in [1.82, 2.24) is 19.5 Å². The van der Waals surface area contributed by atoms with Crippen molar-refractivity contribution >= 4 is 21.7 Å². The van der Waals surface area contributed by atoms with Crippen LogP contribution in [0, 0.1) is 11.3 Å². The summed E-state index contributed by atoms with van der Waals surface area (Å²) in [5.41, 5.74) is 0. The van der Waals surface area contributed by atoms with Crippen LogP contribution in [-0.4, -0.2) is 94.1 Å². The third-order valence-corrected chi connectivity index (χ3v) is 6.83. The predicted octanol–water partition coefficient (Wildman–Crippen LogP) is -0.746. The van der Waals surface area contributed by atoms with Gasteiger partial charge < -0.3 is 15.0 Å². The van der Waals surface area contributed by atoms with Crippen molar-refractivity contribution in [1.29, 1.82) is 5.26 Å². The van der Waals surface area contributed by atoms with E-state index in [0.717, 1.165) is 5.82 Å². The highest BCUT2D eigenvalue weighted by atomic mass is 32.2. The standard InChI is InChI=1S/C18H26N6O4S/c19-4-1-5-20-18(25)15-22-6-8-23(9-7-22)17-3-2-16(14-21-17)29(26,27)24-10-12-28-13-11-24/h2-3,14H,1,5-13,15H2,(H,20,25). The second-order valence-corrected chi connectivity index (χ2v) is 8.83. The Labute approximate surface area is 171 Å². The molecule has 0 atom stereocenters. The van der Waals surface area contributed by atoms with Crippen LogP contribution in [0.2, 0.25) is 0 Å². The minimum absolute atomic E-state index is 0.0792. The van der Waals surface area contributed by atoms with E-state index in [2.05, 4.69) is 20.1 Å². The average Bonchev–Trinajstić information content (AvgIpc) is 2.75. The van der Waals surface area contributed by atoms with E-state index < -0.39 is 10.0 Å². The number of carbonyl (C=O) groups is 1. The smallest absolute Gasteiger partial charge is 0.244 e. The molecule has 2 aliphatic heterocycles. The number of nitrogens with one attached hydrogen (secondary N) is 1. The Bertz CT molecular complexity index is 825. The molecule has 1 amide bonds. The van der Waals surface area contributed by atoms with Crippen molar-refractivity contribution in [3.8, 4) is 6.07 Å². The number of piperazine rings is 1. The molecule has 10 nitrogen and oxygen atoms in total. The van der Waals surface area contributed by atoms with E-state index in [0.29, 0.717) is 72.0 Å². The van der Waals surface area contributed by atoms with Gasteiger partial charge >= 0.3 is 0 Å². The summed E-state index contributed by atoms with van der Waals surface area (Å²) in [4.78, 5) is 20.5. The zero-order valence-electron chi connectivity index (χ0n) is 16.3.